The van der Waals surface area contributed by atoms with E-state index in [4.69, 9.17) is 0 Å². The van der Waals surface area contributed by atoms with Gasteiger partial charge in [-0.1, -0.05) is 121 Å². The van der Waals surface area contributed by atoms with E-state index in [0.29, 0.717) is 0 Å². The predicted octanol–water partition coefficient (Wildman–Crippen LogP) is 8.77. The highest BCUT2D eigenvalue weighted by Gasteiger charge is 2.04. The van der Waals surface area contributed by atoms with Crippen LogP contribution in [-0.4, -0.2) is 0 Å². The Labute approximate surface area is 186 Å². The van der Waals surface area contributed by atoms with Crippen LogP contribution in [0.4, 0.5) is 0 Å². The van der Waals surface area contributed by atoms with Crippen LogP contribution >= 0.6 is 0 Å². The number of hydrogen-bond donors (Lipinski definition) is 0. The second kappa shape index (κ2) is 17.1. The molecule has 0 amide bonds. The third-order valence-electron chi connectivity index (χ3n) is 6.27. The number of pyridine rings is 1. The smallest absolute Gasteiger partial charge is 0.167 e. The van der Waals surface area contributed by atoms with E-state index in [0.717, 1.165) is 0 Å². The lowest BCUT2D eigenvalue weighted by Gasteiger charge is -2.04. The molecule has 1 aromatic heterocycles. The van der Waals surface area contributed by atoms with Crippen molar-refractivity contribution in [3.8, 4) is 5.69 Å². The summed E-state index contributed by atoms with van der Waals surface area (Å²) < 4.78 is 2.19. The molecule has 166 valence electrons. The van der Waals surface area contributed by atoms with Gasteiger partial charge < -0.3 is 0 Å². The number of aromatic nitrogens is 1. The first kappa shape index (κ1) is 24.6. The Bertz CT molecular complexity index is 617. The molecule has 0 unspecified atom stereocenters. The summed E-state index contributed by atoms with van der Waals surface area (Å²) in [5.41, 5.74) is 2.69. The summed E-state index contributed by atoms with van der Waals surface area (Å²) in [6.07, 6.45) is 28.6. The first-order valence-electron chi connectivity index (χ1n) is 13.0. The summed E-state index contributed by atoms with van der Waals surface area (Å²) in [5, 5.41) is 0. The quantitative estimate of drug-likeness (QED) is 0.171. The molecule has 0 spiro atoms. The number of hydrogen-bond acceptors (Lipinski definition) is 0. The minimum absolute atomic E-state index is 1.22. The van der Waals surface area contributed by atoms with Crippen molar-refractivity contribution in [2.45, 2.75) is 116 Å². The van der Waals surface area contributed by atoms with E-state index in [1.807, 2.05) is 0 Å². The van der Waals surface area contributed by atoms with Crippen LogP contribution in [0, 0.1) is 0 Å². The fraction of sp³-hybridized carbons (Fsp3) is 0.621. The van der Waals surface area contributed by atoms with Gasteiger partial charge in [-0.3, -0.25) is 0 Å². The highest BCUT2D eigenvalue weighted by Crippen LogP contribution is 2.14. The van der Waals surface area contributed by atoms with Crippen LogP contribution in [0.5, 0.6) is 0 Å². The van der Waals surface area contributed by atoms with Gasteiger partial charge in [-0.15, -0.1) is 0 Å². The Morgan fingerprint density at radius 3 is 1.40 bits per heavy atom. The molecule has 0 radical (unpaired) electrons. The van der Waals surface area contributed by atoms with E-state index < -0.39 is 0 Å². The maximum Gasteiger partial charge on any atom is 0.210 e. The molecule has 0 atom stereocenters. The van der Waals surface area contributed by atoms with E-state index in [2.05, 4.69) is 66.3 Å². The van der Waals surface area contributed by atoms with E-state index in [-0.39, 0.29) is 0 Å². The second-order valence-corrected chi connectivity index (χ2v) is 9.00. The number of unbranched alkanes of at least 4 members (excludes halogenated alkanes) is 15. The van der Waals surface area contributed by atoms with Crippen molar-refractivity contribution >= 4 is 0 Å². The molecule has 0 saturated carbocycles. The van der Waals surface area contributed by atoms with Crippen molar-refractivity contribution in [2.75, 3.05) is 0 Å². The second-order valence-electron chi connectivity index (χ2n) is 9.00. The van der Waals surface area contributed by atoms with Gasteiger partial charge in [0.15, 0.2) is 12.4 Å². The van der Waals surface area contributed by atoms with Crippen molar-refractivity contribution < 1.29 is 4.57 Å². The molecule has 30 heavy (non-hydrogen) atoms. The topological polar surface area (TPSA) is 3.88 Å². The van der Waals surface area contributed by atoms with Crippen LogP contribution in [-0.2, 0) is 6.42 Å². The van der Waals surface area contributed by atoms with Crippen molar-refractivity contribution in [3.63, 3.8) is 0 Å². The largest absolute Gasteiger partial charge is 0.210 e. The highest BCUT2D eigenvalue weighted by atomic mass is 14.9. The SMILES string of the molecule is CCCCCCCCCCCCCCCCCCc1cc[n+](-c2ccccc2)cc1. The van der Waals surface area contributed by atoms with Crippen LogP contribution in [0.1, 0.15) is 115 Å². The summed E-state index contributed by atoms with van der Waals surface area (Å²) in [7, 11) is 0. The van der Waals surface area contributed by atoms with Gasteiger partial charge in [0.25, 0.3) is 0 Å². The summed E-state index contributed by atoms with van der Waals surface area (Å²) in [4.78, 5) is 0. The Morgan fingerprint density at radius 1 is 0.500 bits per heavy atom. The monoisotopic (exact) mass is 408 g/mol. The molecule has 0 aliphatic rings. The Balaban J connectivity index is 1.37. The number of rotatable bonds is 18. The molecule has 0 N–H and O–H groups in total. The lowest BCUT2D eigenvalue weighted by atomic mass is 10.0. The molecule has 0 bridgehead atoms. The minimum atomic E-state index is 1.22. The first-order chi connectivity index (χ1) is 14.9. The average molecular weight is 409 g/mol. The molecule has 1 aromatic carbocycles. The molecule has 1 heteroatoms. The van der Waals surface area contributed by atoms with Crippen molar-refractivity contribution in [2.24, 2.45) is 0 Å². The van der Waals surface area contributed by atoms with E-state index in [1.165, 1.54) is 120 Å². The number of nitrogens with zero attached hydrogens (tertiary/aromatic N) is 1. The average Bonchev–Trinajstić information content (AvgIpc) is 2.80. The van der Waals surface area contributed by atoms with Crippen LogP contribution in [0.25, 0.3) is 5.69 Å². The van der Waals surface area contributed by atoms with Gasteiger partial charge in [-0.05, 0) is 18.4 Å². The van der Waals surface area contributed by atoms with Gasteiger partial charge in [0, 0.05) is 24.3 Å². The van der Waals surface area contributed by atoms with Gasteiger partial charge in [0.2, 0.25) is 5.69 Å². The van der Waals surface area contributed by atoms with Crippen molar-refractivity contribution in [3.05, 3.63) is 60.4 Å². The summed E-state index contributed by atoms with van der Waals surface area (Å²) in [6, 6.07) is 15.1. The van der Waals surface area contributed by atoms with Crippen molar-refractivity contribution in [1.29, 1.82) is 0 Å². The summed E-state index contributed by atoms with van der Waals surface area (Å²) >= 11 is 0. The molecule has 2 aromatic rings. The lowest BCUT2D eigenvalue weighted by Crippen LogP contribution is -2.29. The molecule has 0 aliphatic carbocycles. The number of benzene rings is 1. The maximum absolute atomic E-state index is 2.30. The van der Waals surface area contributed by atoms with Gasteiger partial charge in [0.05, 0.1) is 0 Å². The van der Waals surface area contributed by atoms with Gasteiger partial charge >= 0.3 is 0 Å². The molecule has 1 heterocycles. The van der Waals surface area contributed by atoms with Crippen LogP contribution in [0.2, 0.25) is 0 Å². The van der Waals surface area contributed by atoms with E-state index in [1.54, 1.807) is 0 Å². The third-order valence-corrected chi connectivity index (χ3v) is 6.27. The standard InChI is InChI=1S/C29H46N/c1-2-3-4-5-6-7-8-9-10-11-12-13-14-15-16-18-21-28-24-26-30(27-25-28)29-22-19-17-20-23-29/h17,19-20,22-27H,2-16,18,21H2,1H3/q+1. The van der Waals surface area contributed by atoms with Crippen LogP contribution < -0.4 is 4.57 Å². The Morgan fingerprint density at radius 2 is 0.933 bits per heavy atom. The van der Waals surface area contributed by atoms with Gasteiger partial charge in [-0.25, -0.2) is 0 Å². The normalized spacial score (nSPS) is 11.1. The summed E-state index contributed by atoms with van der Waals surface area (Å²) in [5.74, 6) is 0. The number of para-hydroxylation sites is 1. The fourth-order valence-corrected chi connectivity index (χ4v) is 4.27. The fourth-order valence-electron chi connectivity index (χ4n) is 4.27. The molecule has 1 nitrogen and oxygen atoms in total. The zero-order valence-corrected chi connectivity index (χ0v) is 19.7. The molecular weight excluding hydrogens is 362 g/mol. The zero-order chi connectivity index (χ0) is 21.1. The third kappa shape index (κ3) is 11.5. The Kier molecular flexibility index (Phi) is 14.0. The predicted molar refractivity (Wildman–Crippen MR) is 131 cm³/mol. The Hall–Kier alpha value is -1.63. The number of aryl methyl sites for hydroxylation is 1. The minimum Gasteiger partial charge on any atom is -0.167 e. The van der Waals surface area contributed by atoms with Gasteiger partial charge in [-0.2, -0.15) is 4.57 Å². The molecule has 2 rings (SSSR count). The molecule has 0 saturated heterocycles. The summed E-state index contributed by atoms with van der Waals surface area (Å²) in [6.45, 7) is 2.30. The van der Waals surface area contributed by atoms with Crippen LogP contribution in [0.3, 0.4) is 0 Å². The molecule has 0 fully saturated rings. The van der Waals surface area contributed by atoms with Crippen molar-refractivity contribution in [1.82, 2.24) is 0 Å². The molecular formula is C29H46N+. The van der Waals surface area contributed by atoms with E-state index >= 15 is 0 Å². The first-order valence-corrected chi connectivity index (χ1v) is 13.0. The van der Waals surface area contributed by atoms with Gasteiger partial charge in [0.1, 0.15) is 0 Å². The van der Waals surface area contributed by atoms with E-state index in [9.17, 15) is 0 Å². The zero-order valence-electron chi connectivity index (χ0n) is 19.7. The van der Waals surface area contributed by atoms with Crippen LogP contribution in [0.15, 0.2) is 54.9 Å². The molecule has 0 aliphatic heterocycles. The lowest BCUT2D eigenvalue weighted by molar-refractivity contribution is -0.595. The highest BCUT2D eigenvalue weighted by molar-refractivity contribution is 5.21. The maximum atomic E-state index is 2.30.